The summed E-state index contributed by atoms with van der Waals surface area (Å²) in [7, 11) is -6.81. The van der Waals surface area contributed by atoms with Gasteiger partial charge < -0.3 is 0 Å². The van der Waals surface area contributed by atoms with Crippen LogP contribution < -0.4 is 8.78 Å². The molecule has 13 heavy (non-hydrogen) atoms. The maximum atomic E-state index is 11.5. The Kier molecular flexibility index (Phi) is 3.90. The summed E-state index contributed by atoms with van der Waals surface area (Å²) < 4.78 is 28.4. The molecule has 0 fully saturated rings. The van der Waals surface area contributed by atoms with Crippen molar-refractivity contribution < 1.29 is 8.42 Å². The van der Waals surface area contributed by atoms with Crippen LogP contribution in [0.5, 0.6) is 0 Å². The van der Waals surface area contributed by atoms with Crippen LogP contribution in [0.2, 0.25) is 39.3 Å². The van der Waals surface area contributed by atoms with E-state index in [2.05, 4.69) is 8.78 Å². The van der Waals surface area contributed by atoms with Crippen LogP contribution in [0.25, 0.3) is 0 Å². The van der Waals surface area contributed by atoms with Crippen molar-refractivity contribution in [1.82, 2.24) is 8.78 Å². The molecule has 0 rings (SSSR count). The van der Waals surface area contributed by atoms with Crippen LogP contribution >= 0.6 is 0 Å². The maximum Gasteiger partial charge on any atom is 0.264 e. The molecule has 0 spiro atoms. The fourth-order valence-electron chi connectivity index (χ4n) is 0.832. The lowest BCUT2D eigenvalue weighted by atomic mass is 11.8. The molecule has 0 bridgehead atoms. The standard InChI is InChI=1S/C6H20N2O2SSi2/c1-12(2,3)7-11(9,10)8-13(4,5)6/h7-8H,1-6H3. The van der Waals surface area contributed by atoms with E-state index in [0.717, 1.165) is 0 Å². The van der Waals surface area contributed by atoms with Gasteiger partial charge in [-0.05, 0) is 0 Å². The van der Waals surface area contributed by atoms with Crippen molar-refractivity contribution in [3.05, 3.63) is 0 Å². The van der Waals surface area contributed by atoms with E-state index in [4.69, 9.17) is 0 Å². The van der Waals surface area contributed by atoms with E-state index < -0.39 is 26.7 Å². The summed E-state index contributed by atoms with van der Waals surface area (Å²) in [6.07, 6.45) is 0. The Hall–Kier alpha value is 0.304. The zero-order valence-corrected chi connectivity index (χ0v) is 12.0. The molecule has 0 aliphatic rings. The second-order valence-corrected chi connectivity index (χ2v) is 16.8. The second-order valence-electron chi connectivity index (χ2n) is 5.21. The van der Waals surface area contributed by atoms with Gasteiger partial charge in [0.1, 0.15) is 16.5 Å². The van der Waals surface area contributed by atoms with E-state index in [0.29, 0.717) is 0 Å². The Morgan fingerprint density at radius 1 is 0.769 bits per heavy atom. The first kappa shape index (κ1) is 13.3. The summed E-state index contributed by atoms with van der Waals surface area (Å²) >= 11 is 0. The van der Waals surface area contributed by atoms with Crippen LogP contribution in [0.4, 0.5) is 0 Å². The topological polar surface area (TPSA) is 58.2 Å². The molecule has 0 aromatic carbocycles. The van der Waals surface area contributed by atoms with Crippen molar-refractivity contribution in [2.24, 2.45) is 0 Å². The first-order chi connectivity index (χ1) is 5.41. The van der Waals surface area contributed by atoms with Crippen molar-refractivity contribution in [2.75, 3.05) is 0 Å². The smallest absolute Gasteiger partial charge is 0.226 e. The first-order valence-electron chi connectivity index (χ1n) is 4.24. The lowest BCUT2D eigenvalue weighted by molar-refractivity contribution is 0.589. The van der Waals surface area contributed by atoms with Gasteiger partial charge in [-0.1, -0.05) is 39.3 Å². The van der Waals surface area contributed by atoms with Gasteiger partial charge in [-0.3, -0.25) is 0 Å². The summed E-state index contributed by atoms with van der Waals surface area (Å²) in [5.41, 5.74) is 0. The van der Waals surface area contributed by atoms with Crippen LogP contribution in [0, 0.1) is 0 Å². The third-order valence-corrected chi connectivity index (χ3v) is 7.93. The third-order valence-electron chi connectivity index (χ3n) is 0.881. The van der Waals surface area contributed by atoms with Gasteiger partial charge >= 0.3 is 0 Å². The van der Waals surface area contributed by atoms with Gasteiger partial charge in [0.2, 0.25) is 0 Å². The minimum absolute atomic E-state index is 1.77. The van der Waals surface area contributed by atoms with E-state index in [9.17, 15) is 8.42 Å². The van der Waals surface area contributed by atoms with Gasteiger partial charge in [-0.15, -0.1) is 0 Å². The van der Waals surface area contributed by atoms with Crippen LogP contribution in [-0.4, -0.2) is 24.9 Å². The maximum absolute atomic E-state index is 11.5. The van der Waals surface area contributed by atoms with Gasteiger partial charge in [-0.2, -0.15) is 8.42 Å². The Bertz CT molecular complexity index is 241. The minimum Gasteiger partial charge on any atom is -0.226 e. The highest BCUT2D eigenvalue weighted by Crippen LogP contribution is 2.01. The molecular weight excluding hydrogens is 220 g/mol. The highest BCUT2D eigenvalue weighted by Gasteiger charge is 2.26. The van der Waals surface area contributed by atoms with Crippen LogP contribution in [0.1, 0.15) is 0 Å². The molecule has 80 valence electrons. The normalized spacial score (nSPS) is 14.6. The summed E-state index contributed by atoms with van der Waals surface area (Å²) in [6, 6.07) is 0. The van der Waals surface area contributed by atoms with Crippen molar-refractivity contribution >= 4 is 26.7 Å². The lowest BCUT2D eigenvalue weighted by Crippen LogP contribution is -2.56. The monoisotopic (exact) mass is 240 g/mol. The predicted molar refractivity (Wildman–Crippen MR) is 61.9 cm³/mol. The molecule has 0 unspecified atom stereocenters. The zero-order valence-electron chi connectivity index (χ0n) is 9.22. The minimum atomic E-state index is -3.27. The van der Waals surface area contributed by atoms with E-state index >= 15 is 0 Å². The van der Waals surface area contributed by atoms with Gasteiger partial charge in [0.05, 0.1) is 0 Å². The Balaban J connectivity index is 4.46. The average Bonchev–Trinajstić information content (AvgIpc) is 1.43. The number of hydrogen-bond donors (Lipinski definition) is 2. The summed E-state index contributed by atoms with van der Waals surface area (Å²) in [5, 5.41) is 0. The highest BCUT2D eigenvalue weighted by molar-refractivity contribution is 7.90. The third kappa shape index (κ3) is 8.63. The average molecular weight is 240 g/mol. The molecule has 0 heterocycles. The van der Waals surface area contributed by atoms with Crippen molar-refractivity contribution in [2.45, 2.75) is 39.3 Å². The van der Waals surface area contributed by atoms with Gasteiger partial charge in [0.25, 0.3) is 10.2 Å². The van der Waals surface area contributed by atoms with Gasteiger partial charge in [-0.25, -0.2) is 8.78 Å². The molecule has 0 radical (unpaired) electrons. The Morgan fingerprint density at radius 2 is 1.00 bits per heavy atom. The molecule has 4 nitrogen and oxygen atoms in total. The molecule has 0 saturated carbocycles. The van der Waals surface area contributed by atoms with Crippen molar-refractivity contribution in [3.8, 4) is 0 Å². The Labute approximate surface area is 83.5 Å². The fraction of sp³-hybridized carbons (Fsp3) is 1.00. The zero-order chi connectivity index (χ0) is 10.9. The number of nitrogens with one attached hydrogen (secondary N) is 2. The van der Waals surface area contributed by atoms with E-state index in [1.807, 2.05) is 39.3 Å². The molecule has 0 aliphatic heterocycles. The molecule has 2 N–H and O–H groups in total. The predicted octanol–water partition coefficient (Wildman–Crippen LogP) is 1.08. The molecular formula is C6H20N2O2SSi2. The molecule has 0 aromatic rings. The lowest BCUT2D eigenvalue weighted by Gasteiger charge is -2.23. The largest absolute Gasteiger partial charge is 0.264 e. The van der Waals surface area contributed by atoms with E-state index in [1.54, 1.807) is 0 Å². The van der Waals surface area contributed by atoms with Crippen molar-refractivity contribution in [1.29, 1.82) is 0 Å². The fourth-order valence-corrected chi connectivity index (χ4v) is 7.94. The highest BCUT2D eigenvalue weighted by atomic mass is 32.2. The van der Waals surface area contributed by atoms with E-state index in [-0.39, 0.29) is 0 Å². The van der Waals surface area contributed by atoms with E-state index in [1.165, 1.54) is 0 Å². The summed E-state index contributed by atoms with van der Waals surface area (Å²) in [4.78, 5) is 0. The van der Waals surface area contributed by atoms with Crippen molar-refractivity contribution in [3.63, 3.8) is 0 Å². The second kappa shape index (κ2) is 3.81. The molecule has 0 aliphatic carbocycles. The van der Waals surface area contributed by atoms with Gasteiger partial charge in [0.15, 0.2) is 0 Å². The van der Waals surface area contributed by atoms with Crippen LogP contribution in [0.15, 0.2) is 0 Å². The number of hydrogen-bond acceptors (Lipinski definition) is 2. The van der Waals surface area contributed by atoms with Crippen LogP contribution in [-0.2, 0) is 10.2 Å². The summed E-state index contributed by atoms with van der Waals surface area (Å²) in [6.45, 7) is 11.7. The Morgan fingerprint density at radius 3 is 1.15 bits per heavy atom. The van der Waals surface area contributed by atoms with Gasteiger partial charge in [0, 0.05) is 0 Å². The molecule has 7 heteroatoms. The molecule has 0 aromatic heterocycles. The quantitative estimate of drug-likeness (QED) is 0.723. The summed E-state index contributed by atoms with van der Waals surface area (Å²) in [5.74, 6) is 0. The van der Waals surface area contributed by atoms with Crippen LogP contribution in [0.3, 0.4) is 0 Å². The molecule has 0 saturated heterocycles. The molecule has 0 amide bonds. The SMILES string of the molecule is C[Si](C)(C)NS(=O)(=O)N[Si](C)(C)C. The number of rotatable bonds is 4. The first-order valence-corrected chi connectivity index (χ1v) is 12.7. The molecule has 0 atom stereocenters.